The lowest BCUT2D eigenvalue weighted by atomic mass is 10.0. The Balaban J connectivity index is 2.12. The van der Waals surface area contributed by atoms with Gasteiger partial charge in [-0.25, -0.2) is 4.79 Å². The second-order valence-corrected chi connectivity index (χ2v) is 5.85. The number of hydrogen-bond donors (Lipinski definition) is 1. The van der Waals surface area contributed by atoms with E-state index in [0.717, 1.165) is 5.56 Å². The summed E-state index contributed by atoms with van der Waals surface area (Å²) >= 11 is 12.3. The van der Waals surface area contributed by atoms with Crippen LogP contribution in [0.15, 0.2) is 66.7 Å². The molecule has 0 spiro atoms. The topological polar surface area (TPSA) is 46.5 Å². The number of carboxylic acids is 1. The van der Waals surface area contributed by atoms with Crippen molar-refractivity contribution in [2.45, 2.75) is 0 Å². The van der Waals surface area contributed by atoms with E-state index in [1.54, 1.807) is 30.3 Å². The summed E-state index contributed by atoms with van der Waals surface area (Å²) in [4.78, 5) is 11.3. The highest BCUT2D eigenvalue weighted by Gasteiger charge is 2.15. The summed E-state index contributed by atoms with van der Waals surface area (Å²) in [6, 6.07) is 19.1. The Bertz CT molecular complexity index is 872. The molecule has 3 aromatic rings. The lowest BCUT2D eigenvalue weighted by molar-refractivity contribution is 0.0697. The fourth-order valence-corrected chi connectivity index (χ4v) is 2.76. The monoisotopic (exact) mass is 358 g/mol. The molecule has 0 fully saturated rings. The second-order valence-electron chi connectivity index (χ2n) is 5.03. The second kappa shape index (κ2) is 6.95. The third kappa shape index (κ3) is 3.37. The molecule has 0 aromatic heterocycles. The van der Waals surface area contributed by atoms with Gasteiger partial charge >= 0.3 is 5.97 Å². The van der Waals surface area contributed by atoms with Crippen molar-refractivity contribution in [2.75, 3.05) is 0 Å². The molecule has 120 valence electrons. The van der Waals surface area contributed by atoms with E-state index < -0.39 is 5.97 Å². The number of rotatable bonds is 4. The summed E-state index contributed by atoms with van der Waals surface area (Å²) in [5.41, 5.74) is 1.65. The van der Waals surface area contributed by atoms with Gasteiger partial charge in [0.25, 0.3) is 0 Å². The molecule has 0 atom stereocenters. The van der Waals surface area contributed by atoms with Crippen LogP contribution in [0.4, 0.5) is 0 Å². The minimum absolute atomic E-state index is 0.173. The maximum absolute atomic E-state index is 11.3. The number of ether oxygens (including phenoxy) is 1. The van der Waals surface area contributed by atoms with E-state index in [0.29, 0.717) is 27.1 Å². The van der Waals surface area contributed by atoms with Gasteiger partial charge in [-0.1, -0.05) is 59.6 Å². The molecule has 5 heteroatoms. The number of hydrogen-bond acceptors (Lipinski definition) is 2. The van der Waals surface area contributed by atoms with E-state index in [-0.39, 0.29) is 5.56 Å². The van der Waals surface area contributed by atoms with Crippen molar-refractivity contribution in [3.05, 3.63) is 82.3 Å². The van der Waals surface area contributed by atoms with Gasteiger partial charge in [0.15, 0.2) is 5.75 Å². The zero-order valence-corrected chi connectivity index (χ0v) is 13.9. The van der Waals surface area contributed by atoms with Gasteiger partial charge in [0, 0.05) is 5.56 Å². The number of carbonyl (C=O) groups is 1. The Hall–Kier alpha value is -2.49. The number of aromatic carboxylic acids is 1. The molecule has 0 aliphatic carbocycles. The Morgan fingerprint density at radius 1 is 0.875 bits per heavy atom. The first kappa shape index (κ1) is 16.4. The van der Waals surface area contributed by atoms with Gasteiger partial charge in [-0.05, 0) is 35.9 Å². The molecule has 0 aliphatic rings. The molecule has 0 bridgehead atoms. The van der Waals surface area contributed by atoms with Crippen LogP contribution in [0.2, 0.25) is 10.0 Å². The first-order valence-electron chi connectivity index (χ1n) is 7.11. The van der Waals surface area contributed by atoms with Gasteiger partial charge in [0.2, 0.25) is 0 Å². The molecular weight excluding hydrogens is 347 g/mol. The van der Waals surface area contributed by atoms with Gasteiger partial charge in [0.1, 0.15) is 5.75 Å². The summed E-state index contributed by atoms with van der Waals surface area (Å²) < 4.78 is 5.90. The predicted molar refractivity (Wildman–Crippen MR) is 95.4 cm³/mol. The van der Waals surface area contributed by atoms with Crippen LogP contribution in [0.3, 0.4) is 0 Å². The molecule has 24 heavy (non-hydrogen) atoms. The fourth-order valence-electron chi connectivity index (χ4n) is 2.29. The minimum atomic E-state index is -1.01. The smallest absolute Gasteiger partial charge is 0.335 e. The van der Waals surface area contributed by atoms with Gasteiger partial charge in [-0.15, -0.1) is 0 Å². The van der Waals surface area contributed by atoms with E-state index in [9.17, 15) is 9.90 Å². The highest BCUT2D eigenvalue weighted by atomic mass is 35.5. The fraction of sp³-hybridized carbons (Fsp3) is 0. The lowest BCUT2D eigenvalue weighted by Gasteiger charge is -2.14. The Morgan fingerprint density at radius 2 is 1.54 bits per heavy atom. The van der Waals surface area contributed by atoms with Crippen LogP contribution in [0.25, 0.3) is 11.1 Å². The summed E-state index contributed by atoms with van der Waals surface area (Å²) in [5.74, 6) is -0.197. The SMILES string of the molecule is O=C(O)c1ccc(Oc2c(Cl)cccc2Cl)c(-c2ccccc2)c1. The number of halogens is 2. The average Bonchev–Trinajstić information content (AvgIpc) is 2.59. The van der Waals surface area contributed by atoms with Crippen LogP contribution in [0.1, 0.15) is 10.4 Å². The van der Waals surface area contributed by atoms with E-state index in [4.69, 9.17) is 27.9 Å². The quantitative estimate of drug-likeness (QED) is 0.608. The van der Waals surface area contributed by atoms with Crippen LogP contribution in [-0.4, -0.2) is 11.1 Å². The molecule has 3 nitrogen and oxygen atoms in total. The maximum atomic E-state index is 11.3. The molecule has 3 rings (SSSR count). The first-order valence-corrected chi connectivity index (χ1v) is 7.86. The zero-order chi connectivity index (χ0) is 17.1. The van der Waals surface area contributed by atoms with Crippen molar-refractivity contribution in [2.24, 2.45) is 0 Å². The zero-order valence-electron chi connectivity index (χ0n) is 12.4. The largest absolute Gasteiger partial charge is 0.478 e. The van der Waals surface area contributed by atoms with Crippen molar-refractivity contribution >= 4 is 29.2 Å². The molecular formula is C19H12Cl2O3. The van der Waals surface area contributed by atoms with Crippen molar-refractivity contribution in [1.82, 2.24) is 0 Å². The summed E-state index contributed by atoms with van der Waals surface area (Å²) in [6.45, 7) is 0. The number of carboxylic acid groups (broad SMARTS) is 1. The van der Waals surface area contributed by atoms with Crippen LogP contribution in [0.5, 0.6) is 11.5 Å². The van der Waals surface area contributed by atoms with Gasteiger partial charge in [0.05, 0.1) is 15.6 Å². The Kier molecular flexibility index (Phi) is 4.74. The molecule has 0 saturated carbocycles. The lowest BCUT2D eigenvalue weighted by Crippen LogP contribution is -1.98. The Morgan fingerprint density at radius 3 is 2.17 bits per heavy atom. The normalized spacial score (nSPS) is 10.4. The molecule has 0 unspecified atom stereocenters. The maximum Gasteiger partial charge on any atom is 0.335 e. The highest BCUT2D eigenvalue weighted by Crippen LogP contribution is 2.40. The Labute approximate surface area is 149 Å². The summed E-state index contributed by atoms with van der Waals surface area (Å²) in [7, 11) is 0. The van der Waals surface area contributed by atoms with Crippen molar-refractivity contribution < 1.29 is 14.6 Å². The summed E-state index contributed by atoms with van der Waals surface area (Å²) in [6.07, 6.45) is 0. The van der Waals surface area contributed by atoms with Gasteiger partial charge < -0.3 is 9.84 Å². The van der Waals surface area contributed by atoms with E-state index in [1.807, 2.05) is 30.3 Å². The van der Waals surface area contributed by atoms with Gasteiger partial charge in [-0.2, -0.15) is 0 Å². The van der Waals surface area contributed by atoms with Crippen LogP contribution in [0, 0.1) is 0 Å². The number of benzene rings is 3. The van der Waals surface area contributed by atoms with E-state index >= 15 is 0 Å². The third-order valence-electron chi connectivity index (χ3n) is 3.44. The molecule has 0 aliphatic heterocycles. The molecule has 0 amide bonds. The van der Waals surface area contributed by atoms with Crippen molar-refractivity contribution in [3.8, 4) is 22.6 Å². The van der Waals surface area contributed by atoms with Crippen molar-refractivity contribution in [1.29, 1.82) is 0 Å². The first-order chi connectivity index (χ1) is 11.6. The highest BCUT2D eigenvalue weighted by molar-refractivity contribution is 6.37. The molecule has 0 saturated heterocycles. The van der Waals surface area contributed by atoms with Gasteiger partial charge in [-0.3, -0.25) is 0 Å². The van der Waals surface area contributed by atoms with Crippen LogP contribution < -0.4 is 4.74 Å². The third-order valence-corrected chi connectivity index (χ3v) is 4.04. The standard InChI is InChI=1S/C19H12Cl2O3/c20-15-7-4-8-16(21)18(15)24-17-10-9-13(19(22)23)11-14(17)12-5-2-1-3-6-12/h1-11H,(H,22,23). The van der Waals surface area contributed by atoms with Crippen LogP contribution in [-0.2, 0) is 0 Å². The van der Waals surface area contributed by atoms with E-state index in [1.165, 1.54) is 6.07 Å². The molecule has 3 aromatic carbocycles. The predicted octanol–water partition coefficient (Wildman–Crippen LogP) is 6.15. The molecule has 0 radical (unpaired) electrons. The van der Waals surface area contributed by atoms with E-state index in [2.05, 4.69) is 0 Å². The average molecular weight is 359 g/mol. The molecule has 0 heterocycles. The molecule has 1 N–H and O–H groups in total. The van der Waals surface area contributed by atoms with Crippen LogP contribution >= 0.6 is 23.2 Å². The summed E-state index contributed by atoms with van der Waals surface area (Å²) in [5, 5.41) is 10.00. The minimum Gasteiger partial charge on any atom is -0.478 e. The number of para-hydroxylation sites is 1. The van der Waals surface area contributed by atoms with Crippen molar-refractivity contribution in [3.63, 3.8) is 0 Å².